The highest BCUT2D eigenvalue weighted by Gasteiger charge is 2.12. The summed E-state index contributed by atoms with van der Waals surface area (Å²) >= 11 is 3.12. The van der Waals surface area contributed by atoms with Gasteiger partial charge in [-0.05, 0) is 12.1 Å². The number of benzene rings is 1. The number of nitrogens with zero attached hydrogens (tertiary/aromatic N) is 1. The van der Waals surface area contributed by atoms with Crippen molar-refractivity contribution in [3.05, 3.63) is 39.4 Å². The molecule has 0 radical (unpaired) electrons. The van der Waals surface area contributed by atoms with Gasteiger partial charge in [-0.1, -0.05) is 27.8 Å². The fraction of sp³-hybridized carbons (Fsp3) is 0.100. The van der Waals surface area contributed by atoms with E-state index in [1.165, 1.54) is 12.1 Å². The molecule has 0 aliphatic rings. The first-order valence-electron chi connectivity index (χ1n) is 3.97. The van der Waals surface area contributed by atoms with Gasteiger partial charge in [0.15, 0.2) is 6.29 Å². The molecule has 1 aromatic rings. The summed E-state index contributed by atoms with van der Waals surface area (Å²) in [5, 5.41) is 11.1. The molecule has 15 heavy (non-hydrogen) atoms. The van der Waals surface area contributed by atoms with E-state index in [9.17, 15) is 14.9 Å². The Morgan fingerprint density at radius 3 is 2.80 bits per heavy atom. The predicted molar refractivity (Wildman–Crippen MR) is 59.2 cm³/mol. The lowest BCUT2D eigenvalue weighted by Crippen LogP contribution is -1.94. The van der Waals surface area contributed by atoms with Crippen LogP contribution in [0.3, 0.4) is 0 Å². The number of hydrogen-bond donors (Lipinski definition) is 0. The third-order valence-electron chi connectivity index (χ3n) is 1.65. The summed E-state index contributed by atoms with van der Waals surface area (Å²) in [5.74, 6) is 5.45. The Labute approximate surface area is 94.6 Å². The van der Waals surface area contributed by atoms with E-state index < -0.39 is 4.92 Å². The summed E-state index contributed by atoms with van der Waals surface area (Å²) in [5.41, 5.74) is 0.363. The maximum absolute atomic E-state index is 10.6. The largest absolute Gasteiger partial charge is 0.298 e. The number of alkyl halides is 1. The molecule has 4 nitrogen and oxygen atoms in total. The van der Waals surface area contributed by atoms with Gasteiger partial charge in [0.1, 0.15) is 0 Å². The van der Waals surface area contributed by atoms with Crippen LogP contribution in [0.4, 0.5) is 5.69 Å². The number of carbonyl (C=O) groups excluding carboxylic acids is 1. The first kappa shape index (κ1) is 11.4. The van der Waals surface area contributed by atoms with Gasteiger partial charge in [0.25, 0.3) is 5.69 Å². The normalized spacial score (nSPS) is 8.87. The van der Waals surface area contributed by atoms with Crippen molar-refractivity contribution in [2.75, 3.05) is 5.33 Å². The highest BCUT2D eigenvalue weighted by molar-refractivity contribution is 9.09. The quantitative estimate of drug-likeness (QED) is 0.271. The molecule has 0 spiro atoms. The third-order valence-corrected chi connectivity index (χ3v) is 1.93. The lowest BCUT2D eigenvalue weighted by molar-refractivity contribution is -0.385. The molecule has 0 aliphatic heterocycles. The third kappa shape index (κ3) is 2.89. The van der Waals surface area contributed by atoms with Gasteiger partial charge < -0.3 is 0 Å². The molecule has 0 saturated carbocycles. The van der Waals surface area contributed by atoms with E-state index >= 15 is 0 Å². The van der Waals surface area contributed by atoms with Gasteiger partial charge in [0.2, 0.25) is 0 Å². The summed E-state index contributed by atoms with van der Waals surface area (Å²) in [6.45, 7) is 0. The molecular weight excluding hydrogens is 262 g/mol. The zero-order valence-corrected chi connectivity index (χ0v) is 9.15. The molecule has 0 aromatic heterocycles. The zero-order chi connectivity index (χ0) is 11.3. The molecule has 0 saturated heterocycles. The van der Waals surface area contributed by atoms with E-state index in [0.717, 1.165) is 0 Å². The first-order valence-corrected chi connectivity index (χ1v) is 5.09. The minimum Gasteiger partial charge on any atom is -0.298 e. The Bertz CT molecular complexity index is 459. The van der Waals surface area contributed by atoms with Crippen LogP contribution in [0.15, 0.2) is 18.2 Å². The Hall–Kier alpha value is -1.67. The van der Waals surface area contributed by atoms with Crippen LogP contribution < -0.4 is 0 Å². The van der Waals surface area contributed by atoms with Crippen molar-refractivity contribution in [2.45, 2.75) is 0 Å². The average molecular weight is 268 g/mol. The van der Waals surface area contributed by atoms with E-state index in [1.807, 2.05) is 0 Å². The van der Waals surface area contributed by atoms with Crippen LogP contribution in [-0.4, -0.2) is 16.5 Å². The maximum atomic E-state index is 10.6. The van der Waals surface area contributed by atoms with Crippen molar-refractivity contribution in [2.24, 2.45) is 0 Å². The second-order valence-corrected chi connectivity index (χ2v) is 3.14. The fourth-order valence-electron chi connectivity index (χ4n) is 1.01. The Kier molecular flexibility index (Phi) is 4.01. The van der Waals surface area contributed by atoms with Crippen molar-refractivity contribution in [1.82, 2.24) is 0 Å². The monoisotopic (exact) mass is 267 g/mol. The molecule has 1 rings (SSSR count). The zero-order valence-electron chi connectivity index (χ0n) is 7.57. The van der Waals surface area contributed by atoms with Crippen molar-refractivity contribution in [1.29, 1.82) is 0 Å². The Morgan fingerprint density at radius 2 is 2.27 bits per heavy atom. The van der Waals surface area contributed by atoms with Gasteiger partial charge in [-0.15, -0.1) is 0 Å². The van der Waals surface area contributed by atoms with Crippen LogP contribution in [0, 0.1) is 22.0 Å². The molecule has 76 valence electrons. The van der Waals surface area contributed by atoms with E-state index in [1.54, 1.807) is 6.07 Å². The van der Waals surface area contributed by atoms with Crippen molar-refractivity contribution >= 4 is 27.9 Å². The molecule has 0 unspecified atom stereocenters. The van der Waals surface area contributed by atoms with Crippen LogP contribution in [0.1, 0.15) is 15.9 Å². The molecule has 0 aliphatic carbocycles. The van der Waals surface area contributed by atoms with Crippen molar-refractivity contribution in [3.63, 3.8) is 0 Å². The minimum atomic E-state index is -0.594. The summed E-state index contributed by atoms with van der Waals surface area (Å²) in [6.07, 6.45) is 0.458. The lowest BCUT2D eigenvalue weighted by atomic mass is 10.1. The van der Waals surface area contributed by atoms with Gasteiger partial charge in [0.05, 0.1) is 15.8 Å². The van der Waals surface area contributed by atoms with Crippen LogP contribution >= 0.6 is 15.9 Å². The molecule has 0 N–H and O–H groups in total. The number of carbonyl (C=O) groups is 1. The standard InChI is InChI=1S/C10H6BrNO3/c11-5-1-2-8-3-4-9(7-13)10(6-8)12(14)15/h3-4,6-7H,5H2. The molecule has 0 amide bonds. The topological polar surface area (TPSA) is 60.2 Å². The molecule has 0 bridgehead atoms. The molecule has 0 heterocycles. The first-order chi connectivity index (χ1) is 7.19. The number of nitro benzene ring substituents is 1. The average Bonchev–Trinajstić information content (AvgIpc) is 2.25. The Balaban J connectivity index is 3.21. The number of rotatable bonds is 2. The number of halogens is 1. The van der Waals surface area contributed by atoms with Crippen LogP contribution in [0.25, 0.3) is 0 Å². The second kappa shape index (κ2) is 5.27. The Morgan fingerprint density at radius 1 is 1.53 bits per heavy atom. The highest BCUT2D eigenvalue weighted by Crippen LogP contribution is 2.17. The van der Waals surface area contributed by atoms with Crippen LogP contribution in [0.5, 0.6) is 0 Å². The summed E-state index contributed by atoms with van der Waals surface area (Å²) in [4.78, 5) is 20.5. The number of aldehydes is 1. The summed E-state index contributed by atoms with van der Waals surface area (Å²) in [7, 11) is 0. The van der Waals surface area contributed by atoms with E-state index in [-0.39, 0.29) is 11.3 Å². The summed E-state index contributed by atoms with van der Waals surface area (Å²) in [6, 6.07) is 4.26. The van der Waals surface area contributed by atoms with Crippen LogP contribution in [-0.2, 0) is 0 Å². The van der Waals surface area contributed by atoms with Crippen molar-refractivity contribution < 1.29 is 9.72 Å². The molecule has 1 aromatic carbocycles. The number of nitro groups is 1. The lowest BCUT2D eigenvalue weighted by Gasteiger charge is -1.95. The van der Waals surface area contributed by atoms with Gasteiger partial charge in [-0.2, -0.15) is 0 Å². The van der Waals surface area contributed by atoms with Gasteiger partial charge in [-0.3, -0.25) is 14.9 Å². The van der Waals surface area contributed by atoms with Gasteiger partial charge in [-0.25, -0.2) is 0 Å². The summed E-state index contributed by atoms with van der Waals surface area (Å²) < 4.78 is 0. The number of hydrogen-bond acceptors (Lipinski definition) is 3. The molecule has 5 heteroatoms. The second-order valence-electron chi connectivity index (χ2n) is 2.58. The minimum absolute atomic E-state index is 0.0596. The predicted octanol–water partition coefficient (Wildman–Crippen LogP) is 2.15. The van der Waals surface area contributed by atoms with Gasteiger partial charge in [0, 0.05) is 11.6 Å². The van der Waals surface area contributed by atoms with Crippen LogP contribution in [0.2, 0.25) is 0 Å². The smallest absolute Gasteiger partial charge is 0.281 e. The highest BCUT2D eigenvalue weighted by atomic mass is 79.9. The van der Waals surface area contributed by atoms with E-state index in [4.69, 9.17) is 0 Å². The van der Waals surface area contributed by atoms with Gasteiger partial charge >= 0.3 is 0 Å². The fourth-order valence-corrected chi connectivity index (χ4v) is 1.15. The van der Waals surface area contributed by atoms with E-state index in [2.05, 4.69) is 27.8 Å². The maximum Gasteiger partial charge on any atom is 0.281 e. The van der Waals surface area contributed by atoms with E-state index in [0.29, 0.717) is 17.2 Å². The van der Waals surface area contributed by atoms with Crippen molar-refractivity contribution in [3.8, 4) is 11.8 Å². The SMILES string of the molecule is O=Cc1ccc(C#CCBr)cc1[N+](=O)[O-]. The molecule has 0 fully saturated rings. The molecule has 0 atom stereocenters. The molecular formula is C10H6BrNO3.